The van der Waals surface area contributed by atoms with Crippen molar-refractivity contribution in [2.24, 2.45) is 12.8 Å². The molecule has 0 unspecified atom stereocenters. The number of nitrogens with one attached hydrogen (secondary N) is 1. The third kappa shape index (κ3) is 3.72. The number of fused-ring (bicyclic) bond motifs is 1. The average molecular weight is 345 g/mol. The molecule has 3 rings (SSSR count). The lowest BCUT2D eigenvalue weighted by Gasteiger charge is -2.09. The van der Waals surface area contributed by atoms with Crippen LogP contribution >= 0.6 is 24.8 Å². The molecule has 0 bridgehead atoms. The lowest BCUT2D eigenvalue weighted by Crippen LogP contribution is -2.43. The first-order chi connectivity index (χ1) is 9.60. The van der Waals surface area contributed by atoms with Crippen LogP contribution in [0.3, 0.4) is 0 Å². The van der Waals surface area contributed by atoms with Gasteiger partial charge >= 0.3 is 0 Å². The number of rotatable bonds is 5. The molecule has 5 nitrogen and oxygen atoms in total. The second kappa shape index (κ2) is 7.31. The minimum absolute atomic E-state index is 0. The number of carbonyl (C=O) groups excluding carboxylic acids is 1. The summed E-state index contributed by atoms with van der Waals surface area (Å²) >= 11 is 0. The van der Waals surface area contributed by atoms with Gasteiger partial charge in [-0.15, -0.1) is 24.8 Å². The first kappa shape index (κ1) is 18.7. The smallest absolute Gasteiger partial charge is 0.240 e. The summed E-state index contributed by atoms with van der Waals surface area (Å²) in [7, 11) is 2.03. The number of hydrogen-bond acceptors (Lipinski definition) is 3. The number of hydrogen-bond donors (Lipinski definition) is 2. The van der Waals surface area contributed by atoms with Crippen LogP contribution in [0, 0.1) is 0 Å². The summed E-state index contributed by atoms with van der Waals surface area (Å²) in [5.41, 5.74) is 7.42. The monoisotopic (exact) mass is 344 g/mol. The van der Waals surface area contributed by atoms with Crippen molar-refractivity contribution in [2.75, 3.05) is 6.54 Å². The van der Waals surface area contributed by atoms with Crippen LogP contribution in [0.15, 0.2) is 24.3 Å². The van der Waals surface area contributed by atoms with Gasteiger partial charge in [-0.2, -0.15) is 0 Å². The zero-order valence-corrected chi connectivity index (χ0v) is 14.2. The molecular formula is C15H22Cl2N4O. The number of nitrogens with zero attached hydrogens (tertiary/aromatic N) is 2. The number of halogens is 2. The molecule has 1 aromatic heterocycles. The van der Waals surface area contributed by atoms with Crippen molar-refractivity contribution in [1.29, 1.82) is 0 Å². The predicted molar refractivity (Wildman–Crippen MR) is 92.7 cm³/mol. The minimum atomic E-state index is -0.572. The van der Waals surface area contributed by atoms with E-state index in [0.29, 0.717) is 6.54 Å². The molecule has 22 heavy (non-hydrogen) atoms. The van der Waals surface area contributed by atoms with Crippen molar-refractivity contribution in [2.45, 2.75) is 31.2 Å². The Morgan fingerprint density at radius 3 is 2.68 bits per heavy atom. The number of amides is 1. The van der Waals surface area contributed by atoms with Crippen LogP contribution in [0.2, 0.25) is 0 Å². The summed E-state index contributed by atoms with van der Waals surface area (Å²) in [6.45, 7) is 0.654. The molecule has 1 amide bonds. The van der Waals surface area contributed by atoms with Gasteiger partial charge in [-0.1, -0.05) is 12.1 Å². The van der Waals surface area contributed by atoms with Gasteiger partial charge in [0.25, 0.3) is 0 Å². The molecule has 1 fully saturated rings. The van der Waals surface area contributed by atoms with E-state index >= 15 is 0 Å². The van der Waals surface area contributed by atoms with Gasteiger partial charge in [-0.05, 0) is 31.4 Å². The molecule has 0 spiro atoms. The summed E-state index contributed by atoms with van der Waals surface area (Å²) in [5.74, 6) is 1.04. The zero-order chi connectivity index (χ0) is 14.2. The Morgan fingerprint density at radius 2 is 2.05 bits per heavy atom. The Kier molecular flexibility index (Phi) is 6.23. The van der Waals surface area contributed by atoms with Crippen LogP contribution in [0.1, 0.15) is 25.1 Å². The van der Waals surface area contributed by atoms with Gasteiger partial charge in [0.2, 0.25) is 5.91 Å². The molecule has 0 saturated heterocycles. The van der Waals surface area contributed by atoms with E-state index in [2.05, 4.69) is 20.9 Å². The van der Waals surface area contributed by atoms with E-state index in [0.717, 1.165) is 42.5 Å². The van der Waals surface area contributed by atoms with Crippen LogP contribution < -0.4 is 11.1 Å². The molecule has 1 aromatic carbocycles. The fourth-order valence-electron chi connectivity index (χ4n) is 2.41. The summed E-state index contributed by atoms with van der Waals surface area (Å²) in [5, 5.41) is 2.91. The molecule has 1 aliphatic carbocycles. The Labute approximate surface area is 142 Å². The maximum Gasteiger partial charge on any atom is 0.240 e. The molecule has 122 valence electrons. The highest BCUT2D eigenvalue weighted by atomic mass is 35.5. The number of benzene rings is 1. The molecule has 7 heteroatoms. The van der Waals surface area contributed by atoms with Crippen LogP contribution in [-0.4, -0.2) is 27.5 Å². The number of imidazole rings is 1. The molecule has 2 aromatic rings. The fraction of sp³-hybridized carbons (Fsp3) is 0.467. The van der Waals surface area contributed by atoms with Gasteiger partial charge in [0.1, 0.15) is 5.82 Å². The molecule has 0 radical (unpaired) electrons. The Bertz CT molecular complexity index is 652. The first-order valence-electron chi connectivity index (χ1n) is 7.08. The maximum atomic E-state index is 11.7. The van der Waals surface area contributed by atoms with Gasteiger partial charge in [-0.25, -0.2) is 4.98 Å². The lowest BCUT2D eigenvalue weighted by molar-refractivity contribution is -0.123. The summed E-state index contributed by atoms with van der Waals surface area (Å²) < 4.78 is 2.11. The third-order valence-corrected chi connectivity index (χ3v) is 3.98. The van der Waals surface area contributed by atoms with Crippen molar-refractivity contribution in [1.82, 2.24) is 14.9 Å². The molecule has 1 saturated carbocycles. The number of para-hydroxylation sites is 2. The Morgan fingerprint density at radius 1 is 1.36 bits per heavy atom. The Hall–Kier alpha value is -1.30. The lowest BCUT2D eigenvalue weighted by atomic mass is 10.2. The molecule has 1 aliphatic rings. The largest absolute Gasteiger partial charge is 0.354 e. The van der Waals surface area contributed by atoms with Crippen LogP contribution in [-0.2, 0) is 18.3 Å². The fourth-order valence-corrected chi connectivity index (χ4v) is 2.41. The quantitative estimate of drug-likeness (QED) is 0.814. The maximum absolute atomic E-state index is 11.7. The SMILES string of the molecule is Cl.Cl.Cn1c(CCCNC(=O)C2(N)CC2)nc2ccccc21. The molecule has 0 aliphatic heterocycles. The van der Waals surface area contributed by atoms with E-state index in [9.17, 15) is 4.79 Å². The highest BCUT2D eigenvalue weighted by molar-refractivity contribution is 5.88. The highest BCUT2D eigenvalue weighted by Crippen LogP contribution is 2.31. The van der Waals surface area contributed by atoms with Gasteiger partial charge in [-0.3, -0.25) is 4.79 Å². The Balaban J connectivity index is 0.00000121. The van der Waals surface area contributed by atoms with E-state index in [1.807, 2.05) is 25.2 Å². The van der Waals surface area contributed by atoms with Crippen molar-refractivity contribution in [3.63, 3.8) is 0 Å². The average Bonchev–Trinajstić information content (AvgIpc) is 3.13. The number of nitrogens with two attached hydrogens (primary N) is 1. The highest BCUT2D eigenvalue weighted by Gasteiger charge is 2.45. The first-order valence-corrected chi connectivity index (χ1v) is 7.08. The molecule has 3 N–H and O–H groups in total. The topological polar surface area (TPSA) is 72.9 Å². The second-order valence-corrected chi connectivity index (χ2v) is 5.59. The number of aryl methyl sites for hydroxylation is 2. The van der Waals surface area contributed by atoms with Crippen molar-refractivity contribution < 1.29 is 4.79 Å². The minimum Gasteiger partial charge on any atom is -0.354 e. The van der Waals surface area contributed by atoms with Crippen molar-refractivity contribution in [3.8, 4) is 0 Å². The van der Waals surface area contributed by atoms with E-state index in [1.54, 1.807) is 0 Å². The van der Waals surface area contributed by atoms with Gasteiger partial charge in [0.05, 0.1) is 16.6 Å². The predicted octanol–water partition coefficient (Wildman–Crippen LogP) is 1.96. The summed E-state index contributed by atoms with van der Waals surface area (Å²) in [6.07, 6.45) is 3.34. The van der Waals surface area contributed by atoms with Crippen LogP contribution in [0.5, 0.6) is 0 Å². The van der Waals surface area contributed by atoms with E-state index < -0.39 is 5.54 Å². The zero-order valence-electron chi connectivity index (χ0n) is 12.5. The second-order valence-electron chi connectivity index (χ2n) is 5.59. The van der Waals surface area contributed by atoms with Gasteiger partial charge < -0.3 is 15.6 Å². The molecule has 0 atom stereocenters. The van der Waals surface area contributed by atoms with Crippen LogP contribution in [0.25, 0.3) is 11.0 Å². The standard InChI is InChI=1S/C15H20N4O.2ClH/c1-19-12-6-3-2-5-11(12)18-13(19)7-4-10-17-14(20)15(16)8-9-15;;/h2-3,5-6H,4,7-10,16H2,1H3,(H,17,20);2*1H. The van der Waals surface area contributed by atoms with E-state index in [1.165, 1.54) is 0 Å². The third-order valence-electron chi connectivity index (χ3n) is 3.98. The van der Waals surface area contributed by atoms with Gasteiger partial charge in [0.15, 0.2) is 0 Å². The normalized spacial score (nSPS) is 14.8. The van der Waals surface area contributed by atoms with Crippen molar-refractivity contribution in [3.05, 3.63) is 30.1 Å². The molecule has 1 heterocycles. The van der Waals surface area contributed by atoms with Crippen molar-refractivity contribution >= 4 is 41.8 Å². The number of carbonyl (C=O) groups is 1. The van der Waals surface area contributed by atoms with Gasteiger partial charge in [0, 0.05) is 20.0 Å². The number of aromatic nitrogens is 2. The van der Waals surface area contributed by atoms with Crippen LogP contribution in [0.4, 0.5) is 0 Å². The van der Waals surface area contributed by atoms with E-state index in [4.69, 9.17) is 5.73 Å². The molecular weight excluding hydrogens is 323 g/mol. The van der Waals surface area contributed by atoms with E-state index in [-0.39, 0.29) is 30.7 Å². The summed E-state index contributed by atoms with van der Waals surface area (Å²) in [4.78, 5) is 16.3. The summed E-state index contributed by atoms with van der Waals surface area (Å²) in [6, 6.07) is 8.10.